The largest absolute Gasteiger partial charge is 0.492 e. The second-order valence-corrected chi connectivity index (χ2v) is 6.51. The minimum atomic E-state index is -0.0667. The van der Waals surface area contributed by atoms with Crippen LogP contribution in [-0.2, 0) is 4.79 Å². The molecule has 7 heteroatoms. The van der Waals surface area contributed by atoms with Gasteiger partial charge in [0.05, 0.1) is 23.9 Å². The number of hydrogen-bond acceptors (Lipinski definition) is 5. The van der Waals surface area contributed by atoms with Crippen LogP contribution >= 0.6 is 11.6 Å². The molecule has 1 saturated heterocycles. The number of carbonyl (C=O) groups excluding carboxylic acids is 1. The third-order valence-corrected chi connectivity index (χ3v) is 4.46. The monoisotopic (exact) mass is 374 g/mol. The van der Waals surface area contributed by atoms with Crippen LogP contribution in [0.25, 0.3) is 0 Å². The highest BCUT2D eigenvalue weighted by atomic mass is 35.5. The highest BCUT2D eigenvalue weighted by Gasteiger charge is 2.21. The minimum Gasteiger partial charge on any atom is -0.492 e. The standard InChI is InChI=1S/C19H23ClN4O2/c1-2-26-17-6-4-3-5-16(17)24-11-9-23(10-12-24)14-19(25)22-18-8-7-15(20)13-21-18/h3-8,13H,2,9-12,14H2,1H3,(H,21,22,25). The van der Waals surface area contributed by atoms with E-state index in [1.807, 2.05) is 25.1 Å². The molecule has 1 aromatic heterocycles. The van der Waals surface area contributed by atoms with Gasteiger partial charge < -0.3 is 15.0 Å². The minimum absolute atomic E-state index is 0.0667. The van der Waals surface area contributed by atoms with E-state index in [9.17, 15) is 4.79 Å². The molecule has 1 amide bonds. The Balaban J connectivity index is 1.51. The van der Waals surface area contributed by atoms with Gasteiger partial charge in [-0.05, 0) is 31.2 Å². The fraction of sp³-hybridized carbons (Fsp3) is 0.368. The van der Waals surface area contributed by atoms with Crippen LogP contribution in [0.2, 0.25) is 5.02 Å². The van der Waals surface area contributed by atoms with Crippen molar-refractivity contribution < 1.29 is 9.53 Å². The lowest BCUT2D eigenvalue weighted by Gasteiger charge is -2.36. The Kier molecular flexibility index (Phi) is 6.30. The van der Waals surface area contributed by atoms with Gasteiger partial charge in [-0.25, -0.2) is 4.98 Å². The number of piperazine rings is 1. The number of aromatic nitrogens is 1. The number of nitrogens with zero attached hydrogens (tertiary/aromatic N) is 3. The maximum Gasteiger partial charge on any atom is 0.239 e. The molecule has 1 aromatic carbocycles. The van der Waals surface area contributed by atoms with Crippen LogP contribution in [0.5, 0.6) is 5.75 Å². The maximum absolute atomic E-state index is 12.2. The summed E-state index contributed by atoms with van der Waals surface area (Å²) in [5, 5.41) is 3.35. The van der Waals surface area contributed by atoms with Crippen molar-refractivity contribution in [2.24, 2.45) is 0 Å². The topological polar surface area (TPSA) is 57.7 Å². The van der Waals surface area contributed by atoms with Crippen molar-refractivity contribution in [1.29, 1.82) is 0 Å². The van der Waals surface area contributed by atoms with Gasteiger partial charge in [0.2, 0.25) is 5.91 Å². The first-order valence-electron chi connectivity index (χ1n) is 8.76. The number of rotatable bonds is 6. The summed E-state index contributed by atoms with van der Waals surface area (Å²) in [5.74, 6) is 1.36. The Morgan fingerprint density at radius 3 is 2.65 bits per heavy atom. The molecule has 1 aliphatic heterocycles. The van der Waals surface area contributed by atoms with Crippen molar-refractivity contribution in [2.45, 2.75) is 6.92 Å². The molecule has 1 N–H and O–H groups in total. The number of anilines is 2. The third kappa shape index (κ3) is 4.86. The van der Waals surface area contributed by atoms with Crippen molar-refractivity contribution in [3.05, 3.63) is 47.6 Å². The van der Waals surface area contributed by atoms with E-state index in [2.05, 4.69) is 26.2 Å². The predicted octanol–water partition coefficient (Wildman–Crippen LogP) is 2.89. The van der Waals surface area contributed by atoms with Gasteiger partial charge in [0, 0.05) is 32.4 Å². The van der Waals surface area contributed by atoms with Crippen LogP contribution in [0.3, 0.4) is 0 Å². The zero-order chi connectivity index (χ0) is 18.4. The quantitative estimate of drug-likeness (QED) is 0.842. The second kappa shape index (κ2) is 8.87. The number of carbonyl (C=O) groups is 1. The highest BCUT2D eigenvalue weighted by Crippen LogP contribution is 2.28. The average Bonchev–Trinajstić information content (AvgIpc) is 2.65. The van der Waals surface area contributed by atoms with Gasteiger partial charge in [0.15, 0.2) is 0 Å². The van der Waals surface area contributed by atoms with Crippen molar-refractivity contribution in [2.75, 3.05) is 49.5 Å². The van der Waals surface area contributed by atoms with Gasteiger partial charge in [0.1, 0.15) is 11.6 Å². The Morgan fingerprint density at radius 1 is 1.19 bits per heavy atom. The number of halogens is 1. The van der Waals surface area contributed by atoms with Gasteiger partial charge in [-0.1, -0.05) is 23.7 Å². The molecule has 0 radical (unpaired) electrons. The lowest BCUT2D eigenvalue weighted by atomic mass is 10.2. The van der Waals surface area contributed by atoms with Crippen molar-refractivity contribution in [3.63, 3.8) is 0 Å². The Hall–Kier alpha value is -2.31. The molecule has 1 aliphatic rings. The van der Waals surface area contributed by atoms with Gasteiger partial charge >= 0.3 is 0 Å². The molecule has 0 spiro atoms. The zero-order valence-corrected chi connectivity index (χ0v) is 15.6. The van der Waals surface area contributed by atoms with E-state index in [4.69, 9.17) is 16.3 Å². The first-order valence-corrected chi connectivity index (χ1v) is 9.14. The van der Waals surface area contributed by atoms with Crippen LogP contribution in [0, 0.1) is 0 Å². The van der Waals surface area contributed by atoms with Crippen LogP contribution in [0.4, 0.5) is 11.5 Å². The number of para-hydroxylation sites is 2. The summed E-state index contributed by atoms with van der Waals surface area (Å²) in [5.41, 5.74) is 1.11. The molecule has 0 saturated carbocycles. The van der Waals surface area contributed by atoms with E-state index in [1.54, 1.807) is 12.1 Å². The van der Waals surface area contributed by atoms with Gasteiger partial charge in [-0.15, -0.1) is 0 Å². The van der Waals surface area contributed by atoms with E-state index in [-0.39, 0.29) is 5.91 Å². The van der Waals surface area contributed by atoms with Crippen molar-refractivity contribution in [1.82, 2.24) is 9.88 Å². The molecular weight excluding hydrogens is 352 g/mol. The number of hydrogen-bond donors (Lipinski definition) is 1. The van der Waals surface area contributed by atoms with Crippen LogP contribution in [0.15, 0.2) is 42.6 Å². The molecule has 3 rings (SSSR count). The summed E-state index contributed by atoms with van der Waals surface area (Å²) in [4.78, 5) is 20.7. The Bertz CT molecular complexity index is 731. The average molecular weight is 375 g/mol. The SMILES string of the molecule is CCOc1ccccc1N1CCN(CC(=O)Nc2ccc(Cl)cn2)CC1. The smallest absolute Gasteiger partial charge is 0.239 e. The summed E-state index contributed by atoms with van der Waals surface area (Å²) in [6, 6.07) is 11.5. The number of benzene rings is 1. The summed E-state index contributed by atoms with van der Waals surface area (Å²) in [6.45, 7) is 6.35. The molecule has 2 aromatic rings. The lowest BCUT2D eigenvalue weighted by Crippen LogP contribution is -2.48. The molecule has 2 heterocycles. The van der Waals surface area contributed by atoms with E-state index >= 15 is 0 Å². The van der Waals surface area contributed by atoms with Crippen molar-refractivity contribution >= 4 is 29.0 Å². The molecule has 0 unspecified atom stereocenters. The second-order valence-electron chi connectivity index (χ2n) is 6.07. The molecule has 0 aliphatic carbocycles. The normalized spacial score (nSPS) is 14.9. The highest BCUT2D eigenvalue weighted by molar-refractivity contribution is 6.30. The van der Waals surface area contributed by atoms with Crippen LogP contribution < -0.4 is 15.0 Å². The fourth-order valence-electron chi connectivity index (χ4n) is 2.98. The molecule has 0 bridgehead atoms. The Labute approximate surface area is 158 Å². The summed E-state index contributed by atoms with van der Waals surface area (Å²) < 4.78 is 5.72. The van der Waals surface area contributed by atoms with Gasteiger partial charge in [0.25, 0.3) is 0 Å². The molecule has 138 valence electrons. The number of ether oxygens (including phenoxy) is 1. The van der Waals surface area contributed by atoms with E-state index < -0.39 is 0 Å². The summed E-state index contributed by atoms with van der Waals surface area (Å²) in [6.07, 6.45) is 1.52. The van der Waals surface area contributed by atoms with Gasteiger partial charge in [-0.2, -0.15) is 0 Å². The molecule has 0 atom stereocenters. The molecule has 1 fully saturated rings. The molecular formula is C19H23ClN4O2. The third-order valence-electron chi connectivity index (χ3n) is 4.24. The Morgan fingerprint density at radius 2 is 1.96 bits per heavy atom. The maximum atomic E-state index is 12.2. The first kappa shape index (κ1) is 18.5. The molecule has 26 heavy (non-hydrogen) atoms. The molecule has 6 nitrogen and oxygen atoms in total. The number of pyridine rings is 1. The summed E-state index contributed by atoms with van der Waals surface area (Å²) in [7, 11) is 0. The van der Waals surface area contributed by atoms with E-state index in [0.29, 0.717) is 24.0 Å². The fourth-order valence-corrected chi connectivity index (χ4v) is 3.09. The van der Waals surface area contributed by atoms with Crippen LogP contribution in [-0.4, -0.2) is 55.1 Å². The van der Waals surface area contributed by atoms with Crippen LogP contribution in [0.1, 0.15) is 6.92 Å². The van der Waals surface area contributed by atoms with Gasteiger partial charge in [-0.3, -0.25) is 9.69 Å². The first-order chi connectivity index (χ1) is 12.7. The lowest BCUT2D eigenvalue weighted by molar-refractivity contribution is -0.117. The van der Waals surface area contributed by atoms with E-state index in [1.165, 1.54) is 6.20 Å². The predicted molar refractivity (Wildman–Crippen MR) is 104 cm³/mol. The zero-order valence-electron chi connectivity index (χ0n) is 14.8. The number of amides is 1. The number of nitrogens with one attached hydrogen (secondary N) is 1. The van der Waals surface area contributed by atoms with Crippen molar-refractivity contribution in [3.8, 4) is 5.75 Å². The summed E-state index contributed by atoms with van der Waals surface area (Å²) >= 11 is 5.80. The van der Waals surface area contributed by atoms with E-state index in [0.717, 1.165) is 37.6 Å².